The van der Waals surface area contributed by atoms with E-state index in [0.29, 0.717) is 0 Å². The third-order valence-electron chi connectivity index (χ3n) is 6.38. The van der Waals surface area contributed by atoms with Gasteiger partial charge in [-0.15, -0.1) is 0 Å². The van der Waals surface area contributed by atoms with Crippen LogP contribution in [0.2, 0.25) is 0 Å². The number of hydrazone groups is 1. The summed E-state index contributed by atoms with van der Waals surface area (Å²) in [4.78, 5) is 0. The van der Waals surface area contributed by atoms with E-state index in [0.717, 1.165) is 5.71 Å². The average molecular weight is 335 g/mol. The van der Waals surface area contributed by atoms with Crippen LogP contribution >= 0.6 is 0 Å². The van der Waals surface area contributed by atoms with Crippen molar-refractivity contribution in [3.63, 3.8) is 0 Å². The fourth-order valence-corrected chi connectivity index (χ4v) is 3.95. The van der Waals surface area contributed by atoms with Gasteiger partial charge in [0.05, 0.1) is 11.3 Å². The Bertz CT molecular complexity index is 901. The van der Waals surface area contributed by atoms with Crippen LogP contribution in [-0.2, 0) is 5.54 Å². The van der Waals surface area contributed by atoms with Crippen molar-refractivity contribution in [1.82, 2.24) is 5.01 Å². The molecule has 0 unspecified atom stereocenters. The fraction of sp³-hybridized carbons (Fsp3) is 0.435. The highest BCUT2D eigenvalue weighted by molar-refractivity contribution is 6.15. The molecule has 2 aromatic carbocycles. The number of rotatable bonds is 1. The maximum atomic E-state index is 5.04. The van der Waals surface area contributed by atoms with E-state index in [4.69, 9.17) is 5.10 Å². The molecule has 0 atom stereocenters. The smallest absolute Gasteiger partial charge is 0.0983 e. The molecule has 2 nitrogen and oxygen atoms in total. The highest BCUT2D eigenvalue weighted by Gasteiger charge is 2.37. The van der Waals surface area contributed by atoms with Crippen molar-refractivity contribution in [3.05, 3.63) is 68.3 Å². The maximum absolute atomic E-state index is 5.04. The second-order valence-corrected chi connectivity index (χ2v) is 8.08. The predicted octanol–water partition coefficient (Wildman–Crippen LogP) is 5.47. The zero-order valence-corrected chi connectivity index (χ0v) is 17.1. The van der Waals surface area contributed by atoms with Gasteiger partial charge in [-0.05, 0) is 100 Å². The van der Waals surface area contributed by atoms with Crippen molar-refractivity contribution in [2.75, 3.05) is 7.05 Å². The first-order valence-corrected chi connectivity index (χ1v) is 9.08. The lowest BCUT2D eigenvalue weighted by molar-refractivity contribution is 0.158. The molecule has 0 aliphatic carbocycles. The molecule has 3 rings (SSSR count). The van der Waals surface area contributed by atoms with Crippen LogP contribution < -0.4 is 0 Å². The van der Waals surface area contributed by atoms with Gasteiger partial charge in [-0.25, -0.2) is 0 Å². The summed E-state index contributed by atoms with van der Waals surface area (Å²) in [6, 6.07) is 6.69. The molecule has 0 amide bonds. The SMILES string of the molecule is Cc1ccc(C2=NN(C)C(C)(C)c3c(C)c(C)c(C)c(C)c32)cc1C. The topological polar surface area (TPSA) is 15.6 Å². The van der Waals surface area contributed by atoms with Crippen LogP contribution in [0, 0.1) is 41.5 Å². The van der Waals surface area contributed by atoms with Crippen molar-refractivity contribution >= 4 is 5.71 Å². The van der Waals surface area contributed by atoms with E-state index in [1.807, 2.05) is 0 Å². The standard InChI is InChI=1S/C23H30N2/c1-13-10-11-19(12-14(13)2)22-20-17(5)15(3)16(4)18(6)21(20)23(7,8)25(9)24-22/h10-12H,1-9H3. The minimum Gasteiger partial charge on any atom is -0.289 e. The third-order valence-corrected chi connectivity index (χ3v) is 6.38. The molecule has 25 heavy (non-hydrogen) atoms. The van der Waals surface area contributed by atoms with Crippen LogP contribution in [0.1, 0.15) is 63.9 Å². The predicted molar refractivity (Wildman–Crippen MR) is 108 cm³/mol. The Morgan fingerprint density at radius 3 is 2.00 bits per heavy atom. The van der Waals surface area contributed by atoms with E-state index in [1.54, 1.807) is 0 Å². The first-order valence-electron chi connectivity index (χ1n) is 9.08. The quantitative estimate of drug-likeness (QED) is 0.675. The molecule has 0 spiro atoms. The molecule has 0 N–H and O–H groups in total. The summed E-state index contributed by atoms with van der Waals surface area (Å²) >= 11 is 0. The van der Waals surface area contributed by atoms with Gasteiger partial charge >= 0.3 is 0 Å². The second kappa shape index (κ2) is 5.72. The van der Waals surface area contributed by atoms with Crippen LogP contribution in [-0.4, -0.2) is 17.8 Å². The molecular weight excluding hydrogens is 304 g/mol. The molecule has 2 aromatic rings. The summed E-state index contributed by atoms with van der Waals surface area (Å²) in [5.41, 5.74) is 13.1. The summed E-state index contributed by atoms with van der Waals surface area (Å²) in [6.45, 7) is 17.9. The lowest BCUT2D eigenvalue weighted by Crippen LogP contribution is -2.42. The van der Waals surface area contributed by atoms with E-state index < -0.39 is 0 Å². The Morgan fingerprint density at radius 1 is 0.800 bits per heavy atom. The van der Waals surface area contributed by atoms with E-state index in [1.165, 1.54) is 50.1 Å². The zero-order valence-electron chi connectivity index (χ0n) is 17.1. The van der Waals surface area contributed by atoms with E-state index >= 15 is 0 Å². The highest BCUT2D eigenvalue weighted by Crippen LogP contribution is 2.41. The van der Waals surface area contributed by atoms with Gasteiger partial charge in [-0.2, -0.15) is 5.10 Å². The van der Waals surface area contributed by atoms with Gasteiger partial charge in [0.2, 0.25) is 0 Å². The van der Waals surface area contributed by atoms with Gasteiger partial charge in [0.15, 0.2) is 0 Å². The Labute approximate surface area is 152 Å². The summed E-state index contributed by atoms with van der Waals surface area (Å²) in [7, 11) is 2.09. The normalized spacial score (nSPS) is 15.9. The Kier molecular flexibility index (Phi) is 4.06. The minimum atomic E-state index is -0.119. The first-order chi connectivity index (χ1) is 11.6. The lowest BCUT2D eigenvalue weighted by atomic mass is 9.76. The zero-order chi connectivity index (χ0) is 18.7. The van der Waals surface area contributed by atoms with E-state index in [9.17, 15) is 0 Å². The molecule has 0 radical (unpaired) electrons. The van der Waals surface area contributed by atoms with Crippen LogP contribution in [0.4, 0.5) is 0 Å². The van der Waals surface area contributed by atoms with Gasteiger partial charge in [0, 0.05) is 18.2 Å². The summed E-state index contributed by atoms with van der Waals surface area (Å²) < 4.78 is 0. The Morgan fingerprint density at radius 2 is 1.40 bits per heavy atom. The molecule has 0 bridgehead atoms. The molecule has 1 aliphatic rings. The summed E-state index contributed by atoms with van der Waals surface area (Å²) in [5.74, 6) is 0. The number of hydrogen-bond donors (Lipinski definition) is 0. The van der Waals surface area contributed by atoms with Crippen molar-refractivity contribution in [2.45, 2.75) is 60.9 Å². The monoisotopic (exact) mass is 334 g/mol. The molecule has 2 heteroatoms. The molecule has 0 saturated carbocycles. The number of hydrogen-bond acceptors (Lipinski definition) is 2. The van der Waals surface area contributed by atoms with Crippen molar-refractivity contribution < 1.29 is 0 Å². The van der Waals surface area contributed by atoms with Crippen LogP contribution in [0.15, 0.2) is 23.3 Å². The highest BCUT2D eigenvalue weighted by atomic mass is 15.5. The Balaban J connectivity index is 2.40. The summed E-state index contributed by atoms with van der Waals surface area (Å²) in [6.07, 6.45) is 0. The number of benzene rings is 2. The first kappa shape index (κ1) is 17.7. The minimum absolute atomic E-state index is 0.119. The number of nitrogens with zero attached hydrogens (tertiary/aromatic N) is 2. The molecule has 132 valence electrons. The maximum Gasteiger partial charge on any atom is 0.0983 e. The molecule has 0 aromatic heterocycles. The molecule has 0 saturated heterocycles. The average Bonchev–Trinajstić information content (AvgIpc) is 2.55. The van der Waals surface area contributed by atoms with Crippen molar-refractivity contribution in [2.24, 2.45) is 5.10 Å². The lowest BCUT2D eigenvalue weighted by Gasteiger charge is -2.42. The molecule has 1 heterocycles. The van der Waals surface area contributed by atoms with Crippen LogP contribution in [0.25, 0.3) is 0 Å². The van der Waals surface area contributed by atoms with Gasteiger partial charge < -0.3 is 0 Å². The van der Waals surface area contributed by atoms with Gasteiger partial charge in [0.25, 0.3) is 0 Å². The number of aryl methyl sites for hydroxylation is 2. The van der Waals surface area contributed by atoms with Crippen LogP contribution in [0.5, 0.6) is 0 Å². The summed E-state index contributed by atoms with van der Waals surface area (Å²) in [5, 5.41) is 7.17. The van der Waals surface area contributed by atoms with Crippen LogP contribution in [0.3, 0.4) is 0 Å². The fourth-order valence-electron chi connectivity index (χ4n) is 3.95. The third kappa shape index (κ3) is 2.50. The van der Waals surface area contributed by atoms with Crippen molar-refractivity contribution in [3.8, 4) is 0 Å². The van der Waals surface area contributed by atoms with Gasteiger partial charge in [-0.3, -0.25) is 5.01 Å². The van der Waals surface area contributed by atoms with E-state index in [2.05, 4.69) is 85.6 Å². The van der Waals surface area contributed by atoms with Gasteiger partial charge in [-0.1, -0.05) is 12.1 Å². The number of fused-ring (bicyclic) bond motifs is 1. The molecule has 1 aliphatic heterocycles. The van der Waals surface area contributed by atoms with Crippen molar-refractivity contribution in [1.29, 1.82) is 0 Å². The second-order valence-electron chi connectivity index (χ2n) is 8.08. The van der Waals surface area contributed by atoms with Gasteiger partial charge in [0.1, 0.15) is 0 Å². The largest absolute Gasteiger partial charge is 0.289 e. The molecular formula is C23H30N2. The molecule has 0 fully saturated rings. The van der Waals surface area contributed by atoms with E-state index in [-0.39, 0.29) is 5.54 Å². The Hall–Kier alpha value is -2.09.